The summed E-state index contributed by atoms with van der Waals surface area (Å²) in [6.45, 7) is 9.16. The number of nitrogen functional groups attached to an aromatic ring is 1. The van der Waals surface area contributed by atoms with Crippen LogP contribution in [-0.4, -0.2) is 59.6 Å². The summed E-state index contributed by atoms with van der Waals surface area (Å²) in [6, 6.07) is 12.1. The van der Waals surface area contributed by atoms with Crippen LogP contribution in [0.5, 0.6) is 17.2 Å². The van der Waals surface area contributed by atoms with Gasteiger partial charge in [0.1, 0.15) is 23.1 Å². The molecule has 0 bridgehead atoms. The van der Waals surface area contributed by atoms with E-state index in [4.69, 9.17) is 25.4 Å². The van der Waals surface area contributed by atoms with E-state index in [9.17, 15) is 14.7 Å². The van der Waals surface area contributed by atoms with E-state index in [-0.39, 0.29) is 17.5 Å². The van der Waals surface area contributed by atoms with Crippen LogP contribution in [0.3, 0.4) is 0 Å². The number of benzene rings is 2. The number of amidine groups is 1. The molecular weight excluding hydrogens is 486 g/mol. The number of carbonyl (C=O) groups excluding carboxylic acids is 1. The molecule has 2 aromatic rings. The molecule has 0 fully saturated rings. The zero-order valence-electron chi connectivity index (χ0n) is 22.9. The van der Waals surface area contributed by atoms with Crippen LogP contribution >= 0.6 is 0 Å². The smallest absolute Gasteiger partial charge is 0.347 e. The van der Waals surface area contributed by atoms with Crippen molar-refractivity contribution in [3.05, 3.63) is 53.6 Å². The molecule has 0 heterocycles. The highest BCUT2D eigenvalue weighted by molar-refractivity contribution is 5.97. The van der Waals surface area contributed by atoms with Crippen molar-refractivity contribution < 1.29 is 28.9 Å². The average molecular weight is 528 g/mol. The molecule has 0 radical (unpaired) electrons. The molecule has 0 spiro atoms. The quantitative estimate of drug-likeness (QED) is 0.148. The van der Waals surface area contributed by atoms with E-state index in [1.54, 1.807) is 47.4 Å². The first-order chi connectivity index (χ1) is 18.1. The van der Waals surface area contributed by atoms with Gasteiger partial charge in [-0.05, 0) is 82.3 Å². The Balaban J connectivity index is 1.95. The van der Waals surface area contributed by atoms with Crippen LogP contribution in [0.2, 0.25) is 0 Å². The van der Waals surface area contributed by atoms with Crippen molar-refractivity contribution >= 4 is 17.7 Å². The van der Waals surface area contributed by atoms with E-state index in [1.807, 2.05) is 13.8 Å². The number of carbonyl (C=O) groups is 2. The Hall–Kier alpha value is -3.75. The van der Waals surface area contributed by atoms with Crippen LogP contribution in [0, 0.1) is 5.41 Å². The summed E-state index contributed by atoms with van der Waals surface area (Å²) in [5, 5.41) is 17.0. The molecule has 0 aliphatic rings. The number of nitrogens with zero attached hydrogens (tertiary/aromatic N) is 1. The van der Waals surface area contributed by atoms with Crippen molar-refractivity contribution in [2.45, 2.75) is 65.4 Å². The van der Waals surface area contributed by atoms with Crippen LogP contribution in [0.25, 0.3) is 0 Å². The largest absolute Gasteiger partial charge is 0.494 e. The molecular formula is C29H41N3O6. The van der Waals surface area contributed by atoms with Gasteiger partial charge in [-0.1, -0.05) is 13.8 Å². The maximum Gasteiger partial charge on any atom is 0.347 e. The summed E-state index contributed by atoms with van der Waals surface area (Å²) in [5.74, 6) is 0.148. The van der Waals surface area contributed by atoms with Crippen LogP contribution in [-0.2, 0) is 4.79 Å². The minimum atomic E-state index is -1.51. The third-order valence-corrected chi connectivity index (χ3v) is 5.83. The van der Waals surface area contributed by atoms with E-state index in [1.165, 1.54) is 13.8 Å². The fourth-order valence-electron chi connectivity index (χ4n) is 3.69. The van der Waals surface area contributed by atoms with Gasteiger partial charge in [0, 0.05) is 24.7 Å². The molecule has 0 aromatic heterocycles. The standard InChI is InChI=1S/C29H41N3O6/c1-5-16-32(17-6-2)27(33)24-15-14-23(20-25(24)38-29(3,4)28(34)35)37-19-9-7-8-18-36-22-12-10-21(11-13-22)26(30)31/h10-15,20H,5-9,16-19H2,1-4H3,(H3,30,31)(H,34,35). The SMILES string of the molecule is CCCN(CCC)C(=O)c1ccc(OCCCCCOc2ccc(C(=N)N)cc2)cc1OC(C)(C)C(=O)O. The number of aliphatic carboxylic acids is 1. The second-order valence-electron chi connectivity index (χ2n) is 9.56. The monoisotopic (exact) mass is 527 g/mol. The van der Waals surface area contributed by atoms with Crippen LogP contribution in [0.15, 0.2) is 42.5 Å². The normalized spacial score (nSPS) is 11.1. The van der Waals surface area contributed by atoms with Gasteiger partial charge in [-0.25, -0.2) is 4.79 Å². The minimum Gasteiger partial charge on any atom is -0.494 e. The van der Waals surface area contributed by atoms with Crippen LogP contribution < -0.4 is 19.9 Å². The Morgan fingerprint density at radius 1 is 0.921 bits per heavy atom. The number of nitrogens with two attached hydrogens (primary N) is 1. The van der Waals surface area contributed by atoms with Gasteiger partial charge in [0.2, 0.25) is 0 Å². The molecule has 1 amide bonds. The lowest BCUT2D eigenvalue weighted by Gasteiger charge is -2.26. The Kier molecular flexibility index (Phi) is 11.9. The number of amides is 1. The number of hydrogen-bond donors (Lipinski definition) is 3. The average Bonchev–Trinajstić information content (AvgIpc) is 2.87. The van der Waals surface area contributed by atoms with Gasteiger partial charge in [0.05, 0.1) is 18.8 Å². The number of carboxylic acid groups (broad SMARTS) is 1. The van der Waals surface area contributed by atoms with E-state index in [0.29, 0.717) is 43.2 Å². The third kappa shape index (κ3) is 9.28. The van der Waals surface area contributed by atoms with Crippen molar-refractivity contribution in [1.82, 2.24) is 4.90 Å². The Morgan fingerprint density at radius 2 is 1.47 bits per heavy atom. The molecule has 0 atom stereocenters. The predicted molar refractivity (Wildman–Crippen MR) is 148 cm³/mol. The highest BCUT2D eigenvalue weighted by Crippen LogP contribution is 2.30. The molecule has 9 heteroatoms. The first-order valence-electron chi connectivity index (χ1n) is 13.1. The van der Waals surface area contributed by atoms with Gasteiger partial charge in [-0.15, -0.1) is 0 Å². The van der Waals surface area contributed by atoms with Gasteiger partial charge in [-0.3, -0.25) is 10.2 Å². The Labute approximate surface area is 225 Å². The summed E-state index contributed by atoms with van der Waals surface area (Å²) < 4.78 is 17.4. The van der Waals surface area contributed by atoms with Gasteiger partial charge < -0.3 is 30.0 Å². The van der Waals surface area contributed by atoms with E-state index < -0.39 is 11.6 Å². The topological polar surface area (TPSA) is 135 Å². The van der Waals surface area contributed by atoms with Crippen molar-refractivity contribution in [2.24, 2.45) is 5.73 Å². The molecule has 0 saturated carbocycles. The van der Waals surface area contributed by atoms with Crippen molar-refractivity contribution in [2.75, 3.05) is 26.3 Å². The molecule has 9 nitrogen and oxygen atoms in total. The highest BCUT2D eigenvalue weighted by Gasteiger charge is 2.32. The van der Waals surface area contributed by atoms with Gasteiger partial charge >= 0.3 is 5.97 Å². The van der Waals surface area contributed by atoms with Crippen molar-refractivity contribution in [3.63, 3.8) is 0 Å². The lowest BCUT2D eigenvalue weighted by atomic mass is 10.1. The zero-order valence-corrected chi connectivity index (χ0v) is 22.9. The molecule has 38 heavy (non-hydrogen) atoms. The molecule has 0 saturated heterocycles. The van der Waals surface area contributed by atoms with Gasteiger partial charge in [0.15, 0.2) is 5.60 Å². The van der Waals surface area contributed by atoms with Gasteiger partial charge in [0.25, 0.3) is 5.91 Å². The molecule has 4 N–H and O–H groups in total. The number of nitrogens with one attached hydrogen (secondary N) is 1. The molecule has 208 valence electrons. The molecule has 0 aliphatic heterocycles. The summed E-state index contributed by atoms with van der Waals surface area (Å²) in [6.07, 6.45) is 4.17. The number of ether oxygens (including phenoxy) is 3. The van der Waals surface area contributed by atoms with Crippen molar-refractivity contribution in [1.29, 1.82) is 5.41 Å². The number of rotatable bonds is 17. The zero-order chi connectivity index (χ0) is 28.1. The number of carboxylic acids is 1. The molecule has 2 rings (SSSR count). The maximum atomic E-state index is 13.3. The second-order valence-corrected chi connectivity index (χ2v) is 9.56. The second kappa shape index (κ2) is 14.9. The maximum absolute atomic E-state index is 13.3. The lowest BCUT2D eigenvalue weighted by Crippen LogP contribution is -2.39. The summed E-state index contributed by atoms with van der Waals surface area (Å²) in [7, 11) is 0. The van der Waals surface area contributed by atoms with E-state index >= 15 is 0 Å². The summed E-state index contributed by atoms with van der Waals surface area (Å²) in [5.41, 5.74) is 4.93. The van der Waals surface area contributed by atoms with Crippen LogP contribution in [0.1, 0.15) is 75.7 Å². The Bertz CT molecular complexity index is 1060. The lowest BCUT2D eigenvalue weighted by molar-refractivity contribution is -0.152. The van der Waals surface area contributed by atoms with Gasteiger partial charge in [-0.2, -0.15) is 0 Å². The molecule has 0 aliphatic carbocycles. The summed E-state index contributed by atoms with van der Waals surface area (Å²) >= 11 is 0. The predicted octanol–water partition coefficient (Wildman–Crippen LogP) is 5.10. The van der Waals surface area contributed by atoms with E-state index in [2.05, 4.69) is 0 Å². The first-order valence-corrected chi connectivity index (χ1v) is 13.1. The fraction of sp³-hybridized carbons (Fsp3) is 0.483. The number of hydrogen-bond acceptors (Lipinski definition) is 6. The fourth-order valence-corrected chi connectivity index (χ4v) is 3.69. The van der Waals surface area contributed by atoms with Crippen molar-refractivity contribution in [3.8, 4) is 17.2 Å². The van der Waals surface area contributed by atoms with Crippen LogP contribution in [0.4, 0.5) is 0 Å². The Morgan fingerprint density at radius 3 is 2.00 bits per heavy atom. The highest BCUT2D eigenvalue weighted by atomic mass is 16.5. The molecule has 0 unspecified atom stereocenters. The van der Waals surface area contributed by atoms with E-state index in [0.717, 1.165) is 37.9 Å². The number of unbranched alkanes of at least 4 members (excludes halogenated alkanes) is 2. The summed E-state index contributed by atoms with van der Waals surface area (Å²) in [4.78, 5) is 26.7. The first kappa shape index (κ1) is 30.5. The molecule has 2 aromatic carbocycles. The third-order valence-electron chi connectivity index (χ3n) is 5.83. The minimum absolute atomic E-state index is 0.0250.